The number of piperazine rings is 1. The van der Waals surface area contributed by atoms with Crippen LogP contribution in [0.4, 0.5) is 20.2 Å². The van der Waals surface area contributed by atoms with Crippen molar-refractivity contribution in [3.05, 3.63) is 53.9 Å². The van der Waals surface area contributed by atoms with Gasteiger partial charge in [-0.15, -0.1) is 0 Å². The molecule has 0 unspecified atom stereocenters. The van der Waals surface area contributed by atoms with Crippen molar-refractivity contribution in [2.75, 3.05) is 43.0 Å². The van der Waals surface area contributed by atoms with E-state index < -0.39 is 11.9 Å². The van der Waals surface area contributed by atoms with Gasteiger partial charge in [-0.1, -0.05) is 6.92 Å². The van der Waals surface area contributed by atoms with Gasteiger partial charge in [-0.3, -0.25) is 9.59 Å². The zero-order chi connectivity index (χ0) is 21.7. The molecule has 30 heavy (non-hydrogen) atoms. The van der Waals surface area contributed by atoms with E-state index in [4.69, 9.17) is 0 Å². The second-order valence-electron chi connectivity index (χ2n) is 7.27. The molecule has 3 rings (SSSR count). The highest BCUT2D eigenvalue weighted by Gasteiger charge is 2.22. The van der Waals surface area contributed by atoms with Gasteiger partial charge in [0, 0.05) is 63.0 Å². The topological polar surface area (TPSA) is 56.8 Å². The van der Waals surface area contributed by atoms with E-state index in [1.165, 1.54) is 6.07 Å². The number of aromatic nitrogens is 1. The first kappa shape index (κ1) is 21.7. The Morgan fingerprint density at radius 3 is 2.30 bits per heavy atom. The number of hydrogen-bond donors (Lipinski definition) is 0. The molecule has 8 heteroatoms. The number of hydrogen-bond acceptors (Lipinski definition) is 4. The first-order valence-corrected chi connectivity index (χ1v) is 10.1. The molecule has 6 nitrogen and oxygen atoms in total. The van der Waals surface area contributed by atoms with Gasteiger partial charge < -0.3 is 14.7 Å². The molecule has 1 aliphatic rings. The Hall–Kier alpha value is -3.03. The number of benzene rings is 1. The van der Waals surface area contributed by atoms with Gasteiger partial charge in [0.05, 0.1) is 0 Å². The number of carbonyl (C=O) groups excluding carboxylic acids is 2. The molecular weight excluding hydrogens is 390 g/mol. The quantitative estimate of drug-likeness (QED) is 0.680. The summed E-state index contributed by atoms with van der Waals surface area (Å²) < 4.78 is 26.5. The normalized spacial score (nSPS) is 14.0. The predicted molar refractivity (Wildman–Crippen MR) is 111 cm³/mol. The van der Waals surface area contributed by atoms with Crippen LogP contribution in [0.5, 0.6) is 0 Å². The number of nitrogens with zero attached hydrogens (tertiary/aromatic N) is 4. The molecule has 1 fully saturated rings. The smallest absolute Gasteiger partial charge is 0.226 e. The van der Waals surface area contributed by atoms with Crippen LogP contribution in [0.2, 0.25) is 0 Å². The van der Waals surface area contributed by atoms with Crippen molar-refractivity contribution in [3.8, 4) is 0 Å². The second kappa shape index (κ2) is 9.65. The first-order chi connectivity index (χ1) is 14.4. The maximum Gasteiger partial charge on any atom is 0.226 e. The molecule has 0 N–H and O–H groups in total. The fraction of sp³-hybridized carbons (Fsp3) is 0.409. The van der Waals surface area contributed by atoms with E-state index in [0.29, 0.717) is 32.6 Å². The van der Waals surface area contributed by atoms with E-state index in [1.807, 2.05) is 31.2 Å². The second-order valence-corrected chi connectivity index (χ2v) is 7.27. The standard InChI is InChI=1S/C22H26F2N4O2/c1-3-20(29)26(2)17-6-8-18(9-7-17)27-12-14-28(15-13-27)21(30)11-5-16-4-10-19(23)25-22(16)24/h4,6-10H,3,5,11-15H2,1-2H3. The Balaban J connectivity index is 1.50. The number of amides is 2. The summed E-state index contributed by atoms with van der Waals surface area (Å²) in [7, 11) is 1.76. The van der Waals surface area contributed by atoms with E-state index in [0.717, 1.165) is 17.4 Å². The zero-order valence-electron chi connectivity index (χ0n) is 17.3. The van der Waals surface area contributed by atoms with Gasteiger partial charge in [-0.25, -0.2) is 0 Å². The lowest BCUT2D eigenvalue weighted by Gasteiger charge is -2.36. The van der Waals surface area contributed by atoms with Crippen LogP contribution in [0.3, 0.4) is 0 Å². The molecule has 2 aromatic rings. The van der Waals surface area contributed by atoms with Crippen molar-refractivity contribution in [3.63, 3.8) is 0 Å². The molecule has 2 amide bonds. The van der Waals surface area contributed by atoms with Crippen LogP contribution in [-0.4, -0.2) is 54.9 Å². The van der Waals surface area contributed by atoms with Gasteiger partial charge in [0.1, 0.15) is 0 Å². The van der Waals surface area contributed by atoms with E-state index >= 15 is 0 Å². The minimum atomic E-state index is -0.865. The molecule has 0 saturated carbocycles. The lowest BCUT2D eigenvalue weighted by Crippen LogP contribution is -2.48. The molecule has 160 valence electrons. The Labute approximate surface area is 175 Å². The van der Waals surface area contributed by atoms with Crippen LogP contribution in [0.15, 0.2) is 36.4 Å². The van der Waals surface area contributed by atoms with Crippen LogP contribution >= 0.6 is 0 Å². The summed E-state index contributed by atoms with van der Waals surface area (Å²) in [5, 5.41) is 0. The minimum absolute atomic E-state index is 0.0478. The summed E-state index contributed by atoms with van der Waals surface area (Å²) in [6.45, 7) is 4.39. The lowest BCUT2D eigenvalue weighted by molar-refractivity contribution is -0.131. The van der Waals surface area contributed by atoms with Gasteiger partial charge in [0.25, 0.3) is 0 Å². The SMILES string of the molecule is CCC(=O)N(C)c1ccc(N2CCN(C(=O)CCc3ccc(F)nc3F)CC2)cc1. The number of pyridine rings is 1. The third-order valence-electron chi connectivity index (χ3n) is 5.41. The maximum atomic E-state index is 13.6. The molecule has 0 bridgehead atoms. The largest absolute Gasteiger partial charge is 0.368 e. The van der Waals surface area contributed by atoms with Crippen LogP contribution in [0, 0.1) is 11.9 Å². The monoisotopic (exact) mass is 416 g/mol. The number of aryl methyl sites for hydroxylation is 1. The Morgan fingerprint density at radius 1 is 1.03 bits per heavy atom. The molecule has 1 aromatic carbocycles. The molecule has 1 aromatic heterocycles. The van der Waals surface area contributed by atoms with Gasteiger partial charge in [0.2, 0.25) is 23.7 Å². The lowest BCUT2D eigenvalue weighted by atomic mass is 10.1. The number of rotatable bonds is 6. The predicted octanol–water partition coefficient (Wildman–Crippen LogP) is 3.01. The van der Waals surface area contributed by atoms with E-state index in [1.54, 1.807) is 16.8 Å². The van der Waals surface area contributed by atoms with Crippen molar-refractivity contribution in [1.29, 1.82) is 0 Å². The molecular formula is C22H26F2N4O2. The summed E-state index contributed by atoms with van der Waals surface area (Å²) in [4.78, 5) is 33.0. The number of anilines is 2. The van der Waals surface area contributed by atoms with E-state index in [9.17, 15) is 18.4 Å². The third kappa shape index (κ3) is 5.11. The zero-order valence-corrected chi connectivity index (χ0v) is 17.3. The van der Waals surface area contributed by atoms with Crippen molar-refractivity contribution in [1.82, 2.24) is 9.88 Å². The van der Waals surface area contributed by atoms with E-state index in [-0.39, 0.29) is 30.2 Å². The summed E-state index contributed by atoms with van der Waals surface area (Å²) in [5.41, 5.74) is 2.14. The molecule has 2 heterocycles. The summed E-state index contributed by atoms with van der Waals surface area (Å²) >= 11 is 0. The molecule has 1 saturated heterocycles. The van der Waals surface area contributed by atoms with Crippen LogP contribution in [0.1, 0.15) is 25.3 Å². The molecule has 1 aliphatic heterocycles. The molecule has 0 aliphatic carbocycles. The first-order valence-electron chi connectivity index (χ1n) is 10.1. The minimum Gasteiger partial charge on any atom is -0.368 e. The van der Waals surface area contributed by atoms with E-state index in [2.05, 4.69) is 9.88 Å². The average molecular weight is 416 g/mol. The Bertz CT molecular complexity index is 897. The summed E-state index contributed by atoms with van der Waals surface area (Å²) in [6.07, 6.45) is 0.818. The molecule has 0 radical (unpaired) electrons. The van der Waals surface area contributed by atoms with Crippen molar-refractivity contribution in [2.45, 2.75) is 26.2 Å². The molecule has 0 atom stereocenters. The third-order valence-corrected chi connectivity index (χ3v) is 5.41. The summed E-state index contributed by atoms with van der Waals surface area (Å²) in [5.74, 6) is -1.71. The Kier molecular flexibility index (Phi) is 6.97. The summed E-state index contributed by atoms with van der Waals surface area (Å²) in [6, 6.07) is 10.2. The fourth-order valence-corrected chi connectivity index (χ4v) is 3.51. The van der Waals surface area contributed by atoms with Gasteiger partial charge in [0.15, 0.2) is 0 Å². The Morgan fingerprint density at radius 2 is 1.70 bits per heavy atom. The highest BCUT2D eigenvalue weighted by molar-refractivity contribution is 5.92. The fourth-order valence-electron chi connectivity index (χ4n) is 3.51. The number of halogens is 2. The van der Waals surface area contributed by atoms with Crippen molar-refractivity contribution < 1.29 is 18.4 Å². The number of carbonyl (C=O) groups is 2. The van der Waals surface area contributed by atoms with Crippen molar-refractivity contribution in [2.24, 2.45) is 0 Å². The van der Waals surface area contributed by atoms with Crippen LogP contribution < -0.4 is 9.80 Å². The highest BCUT2D eigenvalue weighted by atomic mass is 19.1. The highest BCUT2D eigenvalue weighted by Crippen LogP contribution is 2.22. The van der Waals surface area contributed by atoms with Crippen LogP contribution in [0.25, 0.3) is 0 Å². The van der Waals surface area contributed by atoms with Crippen LogP contribution in [-0.2, 0) is 16.0 Å². The van der Waals surface area contributed by atoms with Gasteiger partial charge in [-0.2, -0.15) is 13.8 Å². The molecule has 0 spiro atoms. The maximum absolute atomic E-state index is 13.6. The van der Waals surface area contributed by atoms with Gasteiger partial charge in [-0.05, 0) is 42.8 Å². The van der Waals surface area contributed by atoms with Crippen molar-refractivity contribution >= 4 is 23.2 Å². The average Bonchev–Trinajstić information content (AvgIpc) is 2.77. The van der Waals surface area contributed by atoms with Gasteiger partial charge >= 0.3 is 0 Å².